The van der Waals surface area contributed by atoms with E-state index in [1.54, 1.807) is 15.8 Å². The highest BCUT2D eigenvalue weighted by molar-refractivity contribution is 5.86. The molecular formula is C24H31N7O3. The lowest BCUT2D eigenvalue weighted by molar-refractivity contribution is 0.0197. The second-order valence-corrected chi connectivity index (χ2v) is 9.77. The van der Waals surface area contributed by atoms with Crippen molar-refractivity contribution < 1.29 is 14.3 Å². The lowest BCUT2D eigenvalue weighted by Gasteiger charge is -2.33. The maximum atomic E-state index is 12.6. The Labute approximate surface area is 198 Å². The molecule has 3 aromatic heterocycles. The minimum atomic E-state index is -0.508. The third kappa shape index (κ3) is 4.82. The van der Waals surface area contributed by atoms with Crippen LogP contribution in [-0.4, -0.2) is 80.7 Å². The summed E-state index contributed by atoms with van der Waals surface area (Å²) < 4.78 is 12.8. The van der Waals surface area contributed by atoms with E-state index in [0.717, 1.165) is 48.5 Å². The fourth-order valence-corrected chi connectivity index (χ4v) is 4.42. The van der Waals surface area contributed by atoms with E-state index in [1.807, 2.05) is 45.2 Å². The summed E-state index contributed by atoms with van der Waals surface area (Å²) in [6.07, 6.45) is 5.27. The molecule has 180 valence electrons. The van der Waals surface area contributed by atoms with Crippen molar-refractivity contribution in [1.29, 1.82) is 0 Å². The number of likely N-dealkylation sites (tertiary alicyclic amines) is 1. The lowest BCUT2D eigenvalue weighted by Crippen LogP contribution is -2.42. The first-order valence-electron chi connectivity index (χ1n) is 11.9. The molecule has 0 saturated carbocycles. The average Bonchev–Trinajstić information content (AvgIpc) is 3.33. The van der Waals surface area contributed by atoms with Crippen molar-refractivity contribution in [2.75, 3.05) is 44.3 Å². The highest BCUT2D eigenvalue weighted by Gasteiger charge is 2.29. The number of hydrogen-bond acceptors (Lipinski definition) is 8. The van der Waals surface area contributed by atoms with Crippen LogP contribution in [0, 0.1) is 0 Å². The smallest absolute Gasteiger partial charge is 0.410 e. The Morgan fingerprint density at radius 3 is 2.76 bits per heavy atom. The van der Waals surface area contributed by atoms with Gasteiger partial charge >= 0.3 is 6.09 Å². The number of amides is 1. The predicted octanol–water partition coefficient (Wildman–Crippen LogP) is 3.16. The van der Waals surface area contributed by atoms with Crippen LogP contribution < -0.4 is 4.90 Å². The van der Waals surface area contributed by atoms with Crippen molar-refractivity contribution in [3.63, 3.8) is 0 Å². The van der Waals surface area contributed by atoms with Gasteiger partial charge in [-0.1, -0.05) is 0 Å². The zero-order valence-corrected chi connectivity index (χ0v) is 20.0. The van der Waals surface area contributed by atoms with Gasteiger partial charge in [0.2, 0.25) is 0 Å². The summed E-state index contributed by atoms with van der Waals surface area (Å²) in [5, 5.41) is 4.81. The van der Waals surface area contributed by atoms with Gasteiger partial charge in [0.1, 0.15) is 11.1 Å². The maximum absolute atomic E-state index is 12.6. The number of anilines is 1. The van der Waals surface area contributed by atoms with Crippen molar-refractivity contribution in [1.82, 2.24) is 29.6 Å². The largest absolute Gasteiger partial charge is 0.444 e. The Kier molecular flexibility index (Phi) is 6.07. The van der Waals surface area contributed by atoms with Crippen molar-refractivity contribution >= 4 is 22.9 Å². The van der Waals surface area contributed by atoms with Crippen LogP contribution in [-0.2, 0) is 9.47 Å². The van der Waals surface area contributed by atoms with Gasteiger partial charge in [0.25, 0.3) is 5.95 Å². The number of nitrogens with zero attached hydrogens (tertiary/aromatic N) is 7. The van der Waals surface area contributed by atoms with Gasteiger partial charge < -0.3 is 19.3 Å². The van der Waals surface area contributed by atoms with Crippen LogP contribution in [0.1, 0.15) is 45.2 Å². The van der Waals surface area contributed by atoms with Gasteiger partial charge in [0, 0.05) is 44.5 Å². The van der Waals surface area contributed by atoms with Crippen molar-refractivity contribution in [3.8, 4) is 5.95 Å². The number of pyridine rings is 1. The molecule has 0 aromatic carbocycles. The fraction of sp³-hybridized carbons (Fsp3) is 0.542. The Bertz CT molecular complexity index is 1170. The molecule has 10 nitrogen and oxygen atoms in total. The van der Waals surface area contributed by atoms with Gasteiger partial charge in [-0.05, 0) is 51.8 Å². The number of ether oxygens (including phenoxy) is 2. The quantitative estimate of drug-likeness (QED) is 0.582. The number of morpholine rings is 1. The number of carbonyl (C=O) groups excluding carboxylic acids is 1. The van der Waals surface area contributed by atoms with Crippen molar-refractivity contribution in [2.24, 2.45) is 0 Å². The second-order valence-electron chi connectivity index (χ2n) is 9.77. The molecule has 2 aliphatic rings. The monoisotopic (exact) mass is 465 g/mol. The van der Waals surface area contributed by atoms with Gasteiger partial charge in [-0.3, -0.25) is 4.98 Å². The van der Waals surface area contributed by atoms with Gasteiger partial charge in [0.05, 0.1) is 24.4 Å². The van der Waals surface area contributed by atoms with E-state index in [2.05, 4.69) is 9.88 Å². The highest BCUT2D eigenvalue weighted by atomic mass is 16.6. The highest BCUT2D eigenvalue weighted by Crippen LogP contribution is 2.28. The second kappa shape index (κ2) is 9.17. The topological polar surface area (TPSA) is 98.5 Å². The molecule has 0 bridgehead atoms. The van der Waals surface area contributed by atoms with Crippen molar-refractivity contribution in [2.45, 2.75) is 45.1 Å². The molecule has 0 radical (unpaired) electrons. The Morgan fingerprint density at radius 2 is 1.97 bits per heavy atom. The van der Waals surface area contributed by atoms with E-state index in [4.69, 9.17) is 24.5 Å². The van der Waals surface area contributed by atoms with Crippen LogP contribution in [0.5, 0.6) is 0 Å². The van der Waals surface area contributed by atoms with Gasteiger partial charge in [-0.15, -0.1) is 0 Å². The molecule has 10 heteroatoms. The molecule has 1 unspecified atom stereocenters. The third-order valence-corrected chi connectivity index (χ3v) is 6.04. The molecule has 5 rings (SSSR count). The molecule has 5 heterocycles. The molecule has 0 N–H and O–H groups in total. The number of rotatable bonds is 3. The van der Waals surface area contributed by atoms with Crippen LogP contribution in [0.4, 0.5) is 10.6 Å². The number of aromatic nitrogens is 5. The number of carbonyl (C=O) groups is 1. The summed E-state index contributed by atoms with van der Waals surface area (Å²) in [5.74, 6) is 1.45. The van der Waals surface area contributed by atoms with E-state index in [9.17, 15) is 4.79 Å². The minimum absolute atomic E-state index is 0.142. The minimum Gasteiger partial charge on any atom is -0.444 e. The van der Waals surface area contributed by atoms with E-state index in [0.29, 0.717) is 32.3 Å². The molecule has 2 saturated heterocycles. The van der Waals surface area contributed by atoms with E-state index < -0.39 is 5.60 Å². The third-order valence-electron chi connectivity index (χ3n) is 6.04. The first kappa shape index (κ1) is 22.5. The summed E-state index contributed by atoms with van der Waals surface area (Å²) >= 11 is 0. The molecule has 1 amide bonds. The van der Waals surface area contributed by atoms with Crippen LogP contribution in [0.25, 0.3) is 17.0 Å². The summed E-state index contributed by atoms with van der Waals surface area (Å²) in [7, 11) is 0. The molecule has 3 aromatic rings. The first-order valence-corrected chi connectivity index (χ1v) is 11.9. The average molecular weight is 466 g/mol. The zero-order valence-electron chi connectivity index (χ0n) is 20.0. The molecule has 34 heavy (non-hydrogen) atoms. The van der Waals surface area contributed by atoms with Crippen LogP contribution in [0.15, 0.2) is 30.6 Å². The fourth-order valence-electron chi connectivity index (χ4n) is 4.42. The summed E-state index contributed by atoms with van der Waals surface area (Å²) in [6, 6.07) is 5.82. The molecule has 2 fully saturated rings. The summed E-state index contributed by atoms with van der Waals surface area (Å²) in [4.78, 5) is 30.7. The Hall–Kier alpha value is -3.27. The maximum Gasteiger partial charge on any atom is 0.410 e. The first-order chi connectivity index (χ1) is 16.4. The Balaban J connectivity index is 1.40. The molecule has 1 atom stereocenters. The van der Waals surface area contributed by atoms with Crippen molar-refractivity contribution in [3.05, 3.63) is 36.3 Å². The lowest BCUT2D eigenvalue weighted by atomic mass is 9.95. The zero-order chi connectivity index (χ0) is 23.7. The van der Waals surface area contributed by atoms with Gasteiger partial charge in [-0.2, -0.15) is 10.1 Å². The van der Waals surface area contributed by atoms with Gasteiger partial charge in [-0.25, -0.2) is 14.5 Å². The van der Waals surface area contributed by atoms with E-state index >= 15 is 0 Å². The molecular weight excluding hydrogens is 434 g/mol. The van der Waals surface area contributed by atoms with Crippen LogP contribution in [0.2, 0.25) is 0 Å². The standard InChI is InChI=1S/C24H31N7O3/c1-24(2,3)34-23(32)30-10-5-6-17(16-30)18-8-11-31(28-18)22-26-19-7-4-9-25-20(19)21(27-22)29-12-14-33-15-13-29/h4,7-9,11,17H,5-6,10,12-16H2,1-3H3. The number of piperidine rings is 1. The number of fused-ring (bicyclic) bond motifs is 1. The SMILES string of the molecule is CC(C)(C)OC(=O)N1CCCC(c2ccn(-c3nc(N4CCOCC4)c4ncccc4n3)n2)C1. The van der Waals surface area contributed by atoms with E-state index in [1.165, 1.54) is 0 Å². The van der Waals surface area contributed by atoms with E-state index in [-0.39, 0.29) is 12.0 Å². The van der Waals surface area contributed by atoms with Crippen LogP contribution >= 0.6 is 0 Å². The number of hydrogen-bond donors (Lipinski definition) is 0. The molecule has 0 aliphatic carbocycles. The normalized spacial score (nSPS) is 19.4. The molecule has 2 aliphatic heterocycles. The molecule has 0 spiro atoms. The van der Waals surface area contributed by atoms with Gasteiger partial charge in [0.15, 0.2) is 5.82 Å². The summed E-state index contributed by atoms with van der Waals surface area (Å²) in [5.41, 5.74) is 1.98. The Morgan fingerprint density at radius 1 is 1.15 bits per heavy atom. The van der Waals surface area contributed by atoms with Crippen LogP contribution in [0.3, 0.4) is 0 Å². The predicted molar refractivity (Wildman–Crippen MR) is 127 cm³/mol. The summed E-state index contributed by atoms with van der Waals surface area (Å²) in [6.45, 7) is 9.80.